The summed E-state index contributed by atoms with van der Waals surface area (Å²) in [6.45, 7) is 5.14. The van der Waals surface area contributed by atoms with E-state index in [1.807, 2.05) is 48.6 Å². The number of Topliss-reactive ketones (excluding diaryl/α,β-unsaturated/α-hetero) is 1. The molecule has 0 aliphatic carbocycles. The van der Waals surface area contributed by atoms with Crippen LogP contribution in [0, 0.1) is 0 Å². The number of aromatic nitrogens is 4. The van der Waals surface area contributed by atoms with E-state index < -0.39 is 42.8 Å². The highest BCUT2D eigenvalue weighted by Crippen LogP contribution is 2.17. The third-order valence-electron chi connectivity index (χ3n) is 8.98. The first-order chi connectivity index (χ1) is 30.0. The highest BCUT2D eigenvalue weighted by atomic mass is 16.4. The number of carbonyl (C=O) groups excluding carboxylic acids is 2. The van der Waals surface area contributed by atoms with E-state index in [0.717, 1.165) is 103 Å². The second kappa shape index (κ2) is 28.7. The lowest BCUT2D eigenvalue weighted by Gasteiger charge is -2.22. The Bertz CT molecular complexity index is 2070. The summed E-state index contributed by atoms with van der Waals surface area (Å²) in [7, 11) is 0. The fourth-order valence-corrected chi connectivity index (χ4v) is 5.62. The zero-order valence-corrected chi connectivity index (χ0v) is 34.6. The van der Waals surface area contributed by atoms with Crippen LogP contribution in [0.2, 0.25) is 0 Å². The molecule has 3 aromatic heterocycles. The first kappa shape index (κ1) is 50.6. The molecule has 0 saturated carbocycles. The third-order valence-corrected chi connectivity index (χ3v) is 8.98. The van der Waals surface area contributed by atoms with Crippen molar-refractivity contribution in [2.75, 3.05) is 45.9 Å². The molecule has 0 spiro atoms. The Balaban J connectivity index is 0.000000235. The fraction of sp³-hybridized carbons (Fsp3) is 0.356. The van der Waals surface area contributed by atoms with Crippen molar-refractivity contribution in [3.8, 4) is 0 Å². The van der Waals surface area contributed by atoms with Gasteiger partial charge in [0.15, 0.2) is 6.29 Å². The number of fused-ring (bicyclic) bond motifs is 8. The van der Waals surface area contributed by atoms with Crippen LogP contribution < -0.4 is 22.1 Å². The van der Waals surface area contributed by atoms with E-state index >= 15 is 0 Å². The van der Waals surface area contributed by atoms with Crippen molar-refractivity contribution < 1.29 is 45.0 Å². The van der Waals surface area contributed by atoms with Crippen molar-refractivity contribution in [1.29, 1.82) is 0 Å². The van der Waals surface area contributed by atoms with E-state index in [1.165, 1.54) is 12.8 Å². The van der Waals surface area contributed by atoms with E-state index in [9.17, 15) is 14.4 Å². The van der Waals surface area contributed by atoms with Gasteiger partial charge in [0.2, 0.25) is 5.78 Å². The molecule has 0 fully saturated rings. The number of carboxylic acids is 1. The number of unbranched alkanes of at least 4 members (excludes halogenated alkanes) is 1. The van der Waals surface area contributed by atoms with Crippen molar-refractivity contribution in [3.05, 3.63) is 107 Å². The van der Waals surface area contributed by atoms with Crippen LogP contribution >= 0.6 is 0 Å². The van der Waals surface area contributed by atoms with Crippen LogP contribution in [0.5, 0.6) is 0 Å². The van der Waals surface area contributed by atoms with E-state index in [0.29, 0.717) is 0 Å². The number of aliphatic carboxylic acids is 1. The predicted molar refractivity (Wildman–Crippen MR) is 241 cm³/mol. The lowest BCUT2D eigenvalue weighted by atomic mass is 10.0. The molecule has 1 aromatic carbocycles. The van der Waals surface area contributed by atoms with E-state index in [4.69, 9.17) is 42.1 Å². The molecule has 6 rings (SSSR count). The lowest BCUT2D eigenvalue weighted by Crippen LogP contribution is -2.46. The quantitative estimate of drug-likeness (QED) is 0.0314. The summed E-state index contributed by atoms with van der Waals surface area (Å²) >= 11 is 0. The summed E-state index contributed by atoms with van der Waals surface area (Å²) in [5.41, 5.74) is 19.3. The molecule has 17 nitrogen and oxygen atoms in total. The van der Waals surface area contributed by atoms with Crippen LogP contribution in [0.3, 0.4) is 0 Å². The molecule has 2 aliphatic heterocycles. The Morgan fingerprint density at radius 1 is 0.629 bits per heavy atom. The van der Waals surface area contributed by atoms with Crippen LogP contribution in [0.25, 0.3) is 46.4 Å². The van der Waals surface area contributed by atoms with Gasteiger partial charge in [0.05, 0.1) is 29.4 Å². The number of rotatable bonds is 19. The van der Waals surface area contributed by atoms with Crippen molar-refractivity contribution in [2.24, 2.45) is 11.5 Å². The second-order valence-electron chi connectivity index (χ2n) is 14.1. The van der Waals surface area contributed by atoms with E-state index in [-0.39, 0.29) is 12.7 Å². The molecule has 0 saturated heterocycles. The highest BCUT2D eigenvalue weighted by molar-refractivity contribution is 6.33. The van der Waals surface area contributed by atoms with Crippen LogP contribution in [-0.4, -0.2) is 139 Å². The summed E-state index contributed by atoms with van der Waals surface area (Å²) in [6, 6.07) is 25.2. The molecule has 2 aliphatic rings. The number of nitrogens with two attached hydrogens (primary N) is 2. The van der Waals surface area contributed by atoms with Crippen LogP contribution in [0.4, 0.5) is 0 Å². The standard InChI is InChI=1S/C20H14N4.C10H26N4.C9H8O3.C6H12O6/c1-2-14-10-16-5-6-18(23-16)12-20-8-7-19(24-20)11-17-4-3-15(22-17)9-13(1)21-14;11-5-3-9-13-7-1-2-8-14-10-4-6-12;10-8(9(11)12)6-7-4-2-1-3-5-7;7-1-3(9)5(11)6(12)4(10)2-8/h1-12,21-22H;13-14H,1-12H2;1-5H,6H2,(H,11,12);1,3-6,8-12H,2H2/t;;;3-,4+,5+,6-/m...0/s1. The number of nitrogens with one attached hydrogen (secondary N) is 4. The smallest absolute Gasteiger partial charge is 0.372 e. The number of aldehydes is 1. The van der Waals surface area contributed by atoms with E-state index in [2.05, 4.69) is 60.9 Å². The number of nitrogens with zero attached hydrogens (tertiary/aromatic N) is 2. The second-order valence-corrected chi connectivity index (χ2v) is 14.1. The first-order valence-electron chi connectivity index (χ1n) is 20.4. The van der Waals surface area contributed by atoms with Gasteiger partial charge < -0.3 is 67.5 Å². The van der Waals surface area contributed by atoms with Crippen molar-refractivity contribution in [3.63, 3.8) is 0 Å². The molecule has 0 unspecified atom stereocenters. The van der Waals surface area contributed by atoms with Gasteiger partial charge in [-0.15, -0.1) is 0 Å². The predicted octanol–water partition coefficient (Wildman–Crippen LogP) is 1.80. The Kier molecular flexibility index (Phi) is 23.5. The Hall–Kier alpha value is -5.73. The minimum atomic E-state index is -1.79. The number of aromatic amines is 2. The summed E-state index contributed by atoms with van der Waals surface area (Å²) < 4.78 is 0. The molecule has 17 heteroatoms. The topological polar surface area (TPSA) is 306 Å². The Labute approximate surface area is 360 Å². The number of H-pyrrole nitrogens is 2. The minimum Gasteiger partial charge on any atom is -0.475 e. The molecule has 0 radical (unpaired) electrons. The summed E-state index contributed by atoms with van der Waals surface area (Å²) in [4.78, 5) is 46.8. The third kappa shape index (κ3) is 19.3. The zero-order valence-electron chi connectivity index (χ0n) is 34.6. The molecule has 5 heterocycles. The molecular formula is C45H60N8O9. The zero-order chi connectivity index (χ0) is 45.1. The molecule has 4 atom stereocenters. The summed E-state index contributed by atoms with van der Waals surface area (Å²) in [6.07, 6.45) is 5.81. The van der Waals surface area contributed by atoms with Crippen molar-refractivity contribution in [2.45, 2.75) is 56.5 Å². The van der Waals surface area contributed by atoms with Gasteiger partial charge in [-0.1, -0.05) is 30.3 Å². The van der Waals surface area contributed by atoms with Gasteiger partial charge in [-0.05, 0) is 143 Å². The monoisotopic (exact) mass is 856 g/mol. The summed E-state index contributed by atoms with van der Waals surface area (Å²) in [5.74, 6) is -2.15. The number of aliphatic hydroxyl groups excluding tert-OH is 5. The molecule has 62 heavy (non-hydrogen) atoms. The maximum atomic E-state index is 10.7. The fourth-order valence-electron chi connectivity index (χ4n) is 5.62. The van der Waals surface area contributed by atoms with Crippen LogP contribution in [0.1, 0.15) is 54.0 Å². The molecule has 334 valence electrons. The molecule has 14 N–H and O–H groups in total. The Morgan fingerprint density at radius 2 is 1.06 bits per heavy atom. The average Bonchev–Trinajstić information content (AvgIpc) is 4.12. The molecular weight excluding hydrogens is 797 g/mol. The number of carbonyl (C=O) groups is 3. The van der Waals surface area contributed by atoms with Crippen molar-refractivity contribution in [1.82, 2.24) is 30.6 Å². The maximum absolute atomic E-state index is 10.7. The number of ketones is 1. The van der Waals surface area contributed by atoms with Gasteiger partial charge in [-0.2, -0.15) is 0 Å². The SMILES string of the molecule is C1=Cc2cc3ccc(cc4ccc(cc5nc(cc1n2)C=C5)[nH]4)[nH]3.NCCCNCCCCNCCCN.O=C(O)C(=O)Cc1ccccc1.O=C[C@H](O)[C@@H](O)[C@@H](O)[C@H](O)CO. The molecule has 0 amide bonds. The van der Waals surface area contributed by atoms with Gasteiger partial charge in [-0.3, -0.25) is 4.79 Å². The number of benzene rings is 1. The van der Waals surface area contributed by atoms with Crippen molar-refractivity contribution >= 4 is 64.4 Å². The largest absolute Gasteiger partial charge is 0.475 e. The van der Waals surface area contributed by atoms with Gasteiger partial charge in [0, 0.05) is 28.5 Å². The molecule has 4 aromatic rings. The number of hydrogen-bond acceptors (Lipinski definition) is 14. The highest BCUT2D eigenvalue weighted by Gasteiger charge is 2.29. The molecule has 8 bridgehead atoms. The lowest BCUT2D eigenvalue weighted by molar-refractivity contribution is -0.148. The number of aliphatic hydroxyl groups is 5. The summed E-state index contributed by atoms with van der Waals surface area (Å²) in [5, 5.41) is 58.6. The normalized spacial score (nSPS) is 13.2. The van der Waals surface area contributed by atoms with Gasteiger partial charge in [0.25, 0.3) is 0 Å². The van der Waals surface area contributed by atoms with Crippen LogP contribution in [0.15, 0.2) is 78.9 Å². The van der Waals surface area contributed by atoms with Gasteiger partial charge in [0.1, 0.15) is 24.4 Å². The maximum Gasteiger partial charge on any atom is 0.372 e. The van der Waals surface area contributed by atoms with E-state index in [1.54, 1.807) is 24.3 Å². The van der Waals surface area contributed by atoms with Gasteiger partial charge >= 0.3 is 5.97 Å². The average molecular weight is 857 g/mol. The number of carboxylic acid groups (broad SMARTS) is 1. The Morgan fingerprint density at radius 3 is 1.48 bits per heavy atom. The first-order valence-corrected chi connectivity index (χ1v) is 20.4. The minimum absolute atomic E-state index is 0.0258. The van der Waals surface area contributed by atoms with Crippen LogP contribution in [-0.2, 0) is 20.8 Å². The van der Waals surface area contributed by atoms with Gasteiger partial charge in [-0.25, -0.2) is 14.8 Å². The number of hydrogen-bond donors (Lipinski definition) is 12.